The van der Waals surface area contributed by atoms with Crippen LogP contribution in [0.4, 0.5) is 0 Å². The molecule has 0 bridgehead atoms. The molecule has 0 spiro atoms. The Labute approximate surface area is 165 Å². The molecule has 0 radical (unpaired) electrons. The van der Waals surface area contributed by atoms with Gasteiger partial charge < -0.3 is 5.32 Å². The fourth-order valence-electron chi connectivity index (χ4n) is 2.85. The molecule has 4 nitrogen and oxygen atoms in total. The van der Waals surface area contributed by atoms with E-state index >= 15 is 0 Å². The number of nitrogens with zero attached hydrogens (tertiary/aromatic N) is 2. The number of amides is 1. The van der Waals surface area contributed by atoms with E-state index in [1.807, 2.05) is 31.2 Å². The summed E-state index contributed by atoms with van der Waals surface area (Å²) in [5, 5.41) is 6.22. The van der Waals surface area contributed by atoms with Gasteiger partial charge in [0.25, 0.3) is 5.91 Å². The van der Waals surface area contributed by atoms with Gasteiger partial charge in [-0.25, -0.2) is 4.98 Å². The highest BCUT2D eigenvalue weighted by Gasteiger charge is 2.13. The monoisotopic (exact) mass is 391 g/mol. The van der Waals surface area contributed by atoms with E-state index < -0.39 is 0 Å². The summed E-state index contributed by atoms with van der Waals surface area (Å²) in [5.41, 5.74) is 1.82. The predicted molar refractivity (Wildman–Crippen MR) is 112 cm³/mol. The van der Waals surface area contributed by atoms with Crippen molar-refractivity contribution in [3.8, 4) is 0 Å². The van der Waals surface area contributed by atoms with Crippen LogP contribution in [0, 0.1) is 6.92 Å². The molecule has 0 saturated heterocycles. The van der Waals surface area contributed by atoms with Gasteiger partial charge in [-0.2, -0.15) is 0 Å². The lowest BCUT2D eigenvalue weighted by Gasteiger charge is -2.30. The van der Waals surface area contributed by atoms with E-state index in [1.165, 1.54) is 0 Å². The number of hydrogen-bond acceptors (Lipinski definition) is 5. The maximum atomic E-state index is 12.3. The Morgan fingerprint density at radius 1 is 1.19 bits per heavy atom. The summed E-state index contributed by atoms with van der Waals surface area (Å²) in [6, 6.07) is 8.76. The molecule has 1 aromatic carbocycles. The Morgan fingerprint density at radius 3 is 2.38 bits per heavy atom. The van der Waals surface area contributed by atoms with Gasteiger partial charge in [-0.15, -0.1) is 23.1 Å². The molecule has 0 aliphatic carbocycles. The molecule has 1 amide bonds. The second-order valence-electron chi connectivity index (χ2n) is 6.85. The zero-order valence-corrected chi connectivity index (χ0v) is 17.9. The molecular formula is C20H29N3OS2. The summed E-state index contributed by atoms with van der Waals surface area (Å²) in [6.45, 7) is 12.3. The van der Waals surface area contributed by atoms with E-state index in [2.05, 4.69) is 48.3 Å². The number of nitrogens with one attached hydrogen (secondary N) is 1. The summed E-state index contributed by atoms with van der Waals surface area (Å²) in [5.74, 6) is 0.847. The predicted octanol–water partition coefficient (Wildman–Crippen LogP) is 4.59. The van der Waals surface area contributed by atoms with Crippen molar-refractivity contribution in [1.82, 2.24) is 15.2 Å². The minimum atomic E-state index is -0.0101. The van der Waals surface area contributed by atoms with E-state index in [4.69, 9.17) is 0 Å². The topological polar surface area (TPSA) is 45.2 Å². The quantitative estimate of drug-likeness (QED) is 0.635. The van der Waals surface area contributed by atoms with Crippen LogP contribution < -0.4 is 5.32 Å². The first-order valence-electron chi connectivity index (χ1n) is 9.04. The van der Waals surface area contributed by atoms with Gasteiger partial charge in [0.1, 0.15) is 0 Å². The molecular weight excluding hydrogens is 362 g/mol. The van der Waals surface area contributed by atoms with E-state index in [-0.39, 0.29) is 5.91 Å². The molecule has 2 aromatic rings. The third kappa shape index (κ3) is 6.41. The average molecular weight is 392 g/mol. The molecule has 142 valence electrons. The fraction of sp³-hybridized carbons (Fsp3) is 0.500. The molecule has 1 heterocycles. The third-order valence-electron chi connectivity index (χ3n) is 4.15. The Morgan fingerprint density at radius 2 is 1.85 bits per heavy atom. The van der Waals surface area contributed by atoms with Crippen molar-refractivity contribution in [1.29, 1.82) is 0 Å². The lowest BCUT2D eigenvalue weighted by molar-refractivity contribution is 0.0939. The smallest absolute Gasteiger partial charge is 0.251 e. The maximum absolute atomic E-state index is 12.3. The van der Waals surface area contributed by atoms with Crippen LogP contribution in [0.2, 0.25) is 0 Å². The Bertz CT molecular complexity index is 687. The summed E-state index contributed by atoms with van der Waals surface area (Å²) in [4.78, 5) is 20.3. The third-order valence-corrected chi connectivity index (χ3v) is 6.02. The van der Waals surface area contributed by atoms with Crippen LogP contribution in [0.15, 0.2) is 34.5 Å². The van der Waals surface area contributed by atoms with Crippen molar-refractivity contribution in [3.05, 3.63) is 45.9 Å². The number of benzene rings is 1. The minimum Gasteiger partial charge on any atom is -0.351 e. The number of thioether (sulfide) groups is 1. The number of thiazole rings is 1. The summed E-state index contributed by atoms with van der Waals surface area (Å²) >= 11 is 3.42. The first-order valence-corrected chi connectivity index (χ1v) is 10.9. The second-order valence-corrected chi connectivity index (χ2v) is 8.96. The lowest BCUT2D eigenvalue weighted by atomic mass is 10.2. The van der Waals surface area contributed by atoms with Crippen molar-refractivity contribution >= 4 is 29.0 Å². The van der Waals surface area contributed by atoms with Crippen LogP contribution in [-0.2, 0) is 5.75 Å². The van der Waals surface area contributed by atoms with E-state index in [0.717, 1.165) is 27.9 Å². The molecule has 0 unspecified atom stereocenters. The highest BCUT2D eigenvalue weighted by atomic mass is 32.2. The molecule has 1 N–H and O–H groups in total. The van der Waals surface area contributed by atoms with Crippen LogP contribution in [0.3, 0.4) is 0 Å². The second kappa shape index (κ2) is 10.1. The van der Waals surface area contributed by atoms with Gasteiger partial charge in [-0.05, 0) is 58.9 Å². The van der Waals surface area contributed by atoms with Crippen LogP contribution in [0.25, 0.3) is 0 Å². The first kappa shape index (κ1) is 20.9. The Kier molecular flexibility index (Phi) is 8.13. The van der Waals surface area contributed by atoms with Gasteiger partial charge in [0.2, 0.25) is 0 Å². The average Bonchev–Trinajstić information content (AvgIpc) is 3.02. The molecule has 2 rings (SSSR count). The number of rotatable bonds is 9. The van der Waals surface area contributed by atoms with E-state index in [0.29, 0.717) is 24.2 Å². The number of aryl methyl sites for hydroxylation is 1. The van der Waals surface area contributed by atoms with Crippen LogP contribution >= 0.6 is 23.1 Å². The van der Waals surface area contributed by atoms with Crippen molar-refractivity contribution in [2.45, 2.75) is 57.4 Å². The maximum Gasteiger partial charge on any atom is 0.251 e. The van der Waals surface area contributed by atoms with Gasteiger partial charge in [-0.1, -0.05) is 0 Å². The van der Waals surface area contributed by atoms with Crippen molar-refractivity contribution in [3.63, 3.8) is 0 Å². The van der Waals surface area contributed by atoms with Gasteiger partial charge in [0.15, 0.2) is 0 Å². The van der Waals surface area contributed by atoms with Crippen LogP contribution in [0.1, 0.15) is 48.8 Å². The number of aromatic nitrogens is 1. The van der Waals surface area contributed by atoms with E-state index in [1.54, 1.807) is 23.1 Å². The summed E-state index contributed by atoms with van der Waals surface area (Å²) in [6.07, 6.45) is 0. The molecule has 0 saturated carbocycles. The van der Waals surface area contributed by atoms with Gasteiger partial charge in [-0.3, -0.25) is 9.69 Å². The molecule has 0 aliphatic heterocycles. The zero-order valence-electron chi connectivity index (χ0n) is 16.3. The molecule has 1 aromatic heterocycles. The van der Waals surface area contributed by atoms with Crippen molar-refractivity contribution in [2.24, 2.45) is 0 Å². The normalized spacial score (nSPS) is 11.5. The SMILES string of the molecule is Cc1nc(CSc2ccc(C(=O)NCCN(C(C)C)C(C)C)cc2)cs1. The molecule has 26 heavy (non-hydrogen) atoms. The Hall–Kier alpha value is -1.37. The molecule has 0 fully saturated rings. The molecule has 6 heteroatoms. The van der Waals surface area contributed by atoms with Crippen molar-refractivity contribution in [2.75, 3.05) is 13.1 Å². The standard InChI is InChI=1S/C20H29N3OS2/c1-14(2)23(15(3)4)11-10-21-20(24)17-6-8-19(9-7-17)26-13-18-12-25-16(5)22-18/h6-9,12,14-15H,10-11,13H2,1-5H3,(H,21,24). The Balaban J connectivity index is 1.80. The van der Waals surface area contributed by atoms with Gasteiger partial charge in [0, 0.05) is 46.8 Å². The van der Waals surface area contributed by atoms with E-state index in [9.17, 15) is 4.79 Å². The minimum absolute atomic E-state index is 0.0101. The fourth-order valence-corrected chi connectivity index (χ4v) is 4.36. The number of carbonyl (C=O) groups excluding carboxylic acids is 1. The lowest BCUT2D eigenvalue weighted by Crippen LogP contribution is -2.42. The van der Waals surface area contributed by atoms with Gasteiger partial charge in [0.05, 0.1) is 10.7 Å². The van der Waals surface area contributed by atoms with Gasteiger partial charge >= 0.3 is 0 Å². The highest BCUT2D eigenvalue weighted by Crippen LogP contribution is 2.23. The van der Waals surface area contributed by atoms with Crippen molar-refractivity contribution < 1.29 is 4.79 Å². The summed E-state index contributed by atoms with van der Waals surface area (Å²) in [7, 11) is 0. The highest BCUT2D eigenvalue weighted by molar-refractivity contribution is 7.98. The van der Waals surface area contributed by atoms with Crippen LogP contribution in [0.5, 0.6) is 0 Å². The number of carbonyl (C=O) groups is 1. The number of hydrogen-bond donors (Lipinski definition) is 1. The van der Waals surface area contributed by atoms with Crippen LogP contribution in [-0.4, -0.2) is 41.0 Å². The largest absolute Gasteiger partial charge is 0.351 e. The summed E-state index contributed by atoms with van der Waals surface area (Å²) < 4.78 is 0. The molecule has 0 atom stereocenters. The zero-order chi connectivity index (χ0) is 19.1. The first-order chi connectivity index (χ1) is 12.4. The molecule has 0 aliphatic rings.